The molecule has 0 saturated carbocycles. The van der Waals surface area contributed by atoms with Gasteiger partial charge in [-0.25, -0.2) is 13.2 Å². The highest BCUT2D eigenvalue weighted by Crippen LogP contribution is 2.30. The lowest BCUT2D eigenvalue weighted by Gasteiger charge is -2.16. The number of ether oxygens (including phenoxy) is 1. The predicted molar refractivity (Wildman–Crippen MR) is 104 cm³/mol. The van der Waals surface area contributed by atoms with E-state index < -0.39 is 16.0 Å². The molecule has 27 heavy (non-hydrogen) atoms. The lowest BCUT2D eigenvalue weighted by Crippen LogP contribution is -2.30. The van der Waals surface area contributed by atoms with E-state index in [4.69, 9.17) is 4.74 Å². The number of amides is 1. The Balaban J connectivity index is 1.50. The number of thiophene rings is 1. The molecule has 0 saturated heterocycles. The van der Waals surface area contributed by atoms with E-state index in [0.29, 0.717) is 30.8 Å². The maximum atomic E-state index is 12.2. The first-order valence-electron chi connectivity index (χ1n) is 8.41. The number of fused-ring (bicyclic) bond motifs is 1. The molecular formula is C18H20N2O5S2. The van der Waals surface area contributed by atoms with Gasteiger partial charge in [0, 0.05) is 18.0 Å². The summed E-state index contributed by atoms with van der Waals surface area (Å²) in [5.74, 6) is -0.965. The Bertz CT molecular complexity index is 939. The van der Waals surface area contributed by atoms with E-state index >= 15 is 0 Å². The van der Waals surface area contributed by atoms with E-state index in [1.807, 2.05) is 17.5 Å². The molecule has 0 spiro atoms. The van der Waals surface area contributed by atoms with Gasteiger partial charge in [0.1, 0.15) is 0 Å². The zero-order valence-electron chi connectivity index (χ0n) is 14.8. The summed E-state index contributed by atoms with van der Waals surface area (Å²) in [4.78, 5) is 25.1. The zero-order chi connectivity index (χ0) is 19.4. The van der Waals surface area contributed by atoms with Crippen molar-refractivity contribution in [1.29, 1.82) is 0 Å². The summed E-state index contributed by atoms with van der Waals surface area (Å²) in [6.07, 6.45) is 2.42. The normalized spacial score (nSPS) is 13.3. The summed E-state index contributed by atoms with van der Waals surface area (Å²) < 4.78 is 29.9. The minimum absolute atomic E-state index is 0.301. The molecule has 9 heteroatoms. The highest BCUT2D eigenvalue weighted by molar-refractivity contribution is 7.92. The molecule has 1 amide bonds. The van der Waals surface area contributed by atoms with E-state index in [1.165, 1.54) is 15.2 Å². The minimum atomic E-state index is -3.33. The van der Waals surface area contributed by atoms with Crippen LogP contribution in [0.25, 0.3) is 0 Å². The third kappa shape index (κ3) is 4.86. The molecule has 144 valence electrons. The first kappa shape index (κ1) is 19.4. The largest absolute Gasteiger partial charge is 0.452 e. The van der Waals surface area contributed by atoms with Crippen molar-refractivity contribution in [2.45, 2.75) is 12.8 Å². The molecule has 3 rings (SSSR count). The third-order valence-electron chi connectivity index (χ3n) is 4.18. The van der Waals surface area contributed by atoms with E-state index in [2.05, 4.69) is 5.32 Å². The summed E-state index contributed by atoms with van der Waals surface area (Å²) in [7, 11) is -3.33. The van der Waals surface area contributed by atoms with Gasteiger partial charge in [-0.15, -0.1) is 11.3 Å². The smallest absolute Gasteiger partial charge is 0.338 e. The van der Waals surface area contributed by atoms with Gasteiger partial charge in [-0.2, -0.15) is 0 Å². The maximum absolute atomic E-state index is 12.2. The van der Waals surface area contributed by atoms with Crippen molar-refractivity contribution in [3.63, 3.8) is 0 Å². The monoisotopic (exact) mass is 408 g/mol. The summed E-state index contributed by atoms with van der Waals surface area (Å²) in [6.45, 7) is 0.492. The second kappa shape index (κ2) is 8.10. The molecule has 1 aromatic carbocycles. The summed E-state index contributed by atoms with van der Waals surface area (Å²) in [5.41, 5.74) is 1.66. The molecule has 1 N–H and O–H groups in total. The lowest BCUT2D eigenvalue weighted by atomic mass is 10.1. The number of benzene rings is 1. The van der Waals surface area contributed by atoms with Gasteiger partial charge in [-0.1, -0.05) is 6.07 Å². The lowest BCUT2D eigenvalue weighted by molar-refractivity contribution is -0.124. The molecule has 2 aromatic rings. The molecule has 0 fully saturated rings. The Morgan fingerprint density at radius 2 is 2.11 bits per heavy atom. The molecule has 0 bridgehead atoms. The van der Waals surface area contributed by atoms with E-state index in [1.54, 1.807) is 23.5 Å². The van der Waals surface area contributed by atoms with Gasteiger partial charge >= 0.3 is 5.97 Å². The van der Waals surface area contributed by atoms with Crippen molar-refractivity contribution in [3.05, 3.63) is 51.7 Å². The Kier molecular flexibility index (Phi) is 5.81. The predicted octanol–water partition coefficient (Wildman–Crippen LogP) is 1.59. The first-order valence-corrected chi connectivity index (χ1v) is 11.1. The van der Waals surface area contributed by atoms with Crippen molar-refractivity contribution in [3.8, 4) is 0 Å². The summed E-state index contributed by atoms with van der Waals surface area (Å²) in [5, 5.41) is 4.69. The second-order valence-corrected chi connectivity index (χ2v) is 9.12. The average Bonchev–Trinajstić information content (AvgIpc) is 3.27. The number of esters is 1. The van der Waals surface area contributed by atoms with Crippen LogP contribution in [0.3, 0.4) is 0 Å². The topological polar surface area (TPSA) is 92.8 Å². The van der Waals surface area contributed by atoms with Crippen LogP contribution in [-0.2, 0) is 32.4 Å². The summed E-state index contributed by atoms with van der Waals surface area (Å²) >= 11 is 1.62. The maximum Gasteiger partial charge on any atom is 0.338 e. The quantitative estimate of drug-likeness (QED) is 0.703. The molecule has 1 aliphatic rings. The van der Waals surface area contributed by atoms with Gasteiger partial charge < -0.3 is 10.1 Å². The SMILES string of the molecule is CS(=O)(=O)N1CCc2cc(C(=O)OCC(=O)NCCc3cccs3)ccc21. The van der Waals surface area contributed by atoms with Crippen LogP contribution in [-0.4, -0.2) is 46.2 Å². The van der Waals surface area contributed by atoms with E-state index in [0.717, 1.165) is 18.2 Å². The van der Waals surface area contributed by atoms with Crippen molar-refractivity contribution in [2.24, 2.45) is 0 Å². The van der Waals surface area contributed by atoms with E-state index in [9.17, 15) is 18.0 Å². The molecular weight excluding hydrogens is 388 g/mol. The van der Waals surface area contributed by atoms with Crippen LogP contribution in [0.4, 0.5) is 5.69 Å². The Labute approximate surface area is 162 Å². The Morgan fingerprint density at radius 3 is 2.81 bits per heavy atom. The number of nitrogens with zero attached hydrogens (tertiary/aromatic N) is 1. The van der Waals surface area contributed by atoms with Crippen molar-refractivity contribution in [1.82, 2.24) is 5.32 Å². The van der Waals surface area contributed by atoms with Gasteiger partial charge in [0.25, 0.3) is 5.91 Å². The molecule has 2 heterocycles. The van der Waals surface area contributed by atoms with Gasteiger partial charge in [0.15, 0.2) is 6.61 Å². The Hall–Kier alpha value is -2.39. The van der Waals surface area contributed by atoms with Gasteiger partial charge in [0.05, 0.1) is 17.5 Å². The first-order chi connectivity index (χ1) is 12.8. The number of sulfonamides is 1. The standard InChI is InChI=1S/C18H20N2O5S2/c1-27(23,24)20-9-7-13-11-14(4-5-16(13)20)18(22)25-12-17(21)19-8-6-15-3-2-10-26-15/h2-5,10-11H,6-9,12H2,1H3,(H,19,21). The van der Waals surface area contributed by atoms with Crippen molar-refractivity contribution >= 4 is 38.9 Å². The van der Waals surface area contributed by atoms with Crippen LogP contribution >= 0.6 is 11.3 Å². The third-order valence-corrected chi connectivity index (χ3v) is 6.29. The van der Waals surface area contributed by atoms with Crippen LogP contribution in [0.2, 0.25) is 0 Å². The molecule has 1 aromatic heterocycles. The number of hydrogen-bond donors (Lipinski definition) is 1. The van der Waals surface area contributed by atoms with Crippen molar-refractivity contribution in [2.75, 3.05) is 30.3 Å². The molecule has 0 radical (unpaired) electrons. The second-order valence-electron chi connectivity index (χ2n) is 6.18. The van der Waals surface area contributed by atoms with Gasteiger partial charge in [-0.3, -0.25) is 9.10 Å². The van der Waals surface area contributed by atoms with Crippen LogP contribution in [0.1, 0.15) is 20.8 Å². The van der Waals surface area contributed by atoms with Crippen molar-refractivity contribution < 1.29 is 22.7 Å². The number of carbonyl (C=O) groups excluding carboxylic acids is 2. The molecule has 0 atom stereocenters. The highest BCUT2D eigenvalue weighted by atomic mass is 32.2. The number of anilines is 1. The average molecular weight is 409 g/mol. The van der Waals surface area contributed by atoms with Gasteiger partial charge in [0.2, 0.25) is 10.0 Å². The minimum Gasteiger partial charge on any atom is -0.452 e. The fourth-order valence-electron chi connectivity index (χ4n) is 2.89. The molecule has 7 nitrogen and oxygen atoms in total. The summed E-state index contributed by atoms with van der Waals surface area (Å²) in [6, 6.07) is 8.68. The number of hydrogen-bond acceptors (Lipinski definition) is 6. The zero-order valence-corrected chi connectivity index (χ0v) is 16.4. The molecule has 0 unspecified atom stereocenters. The number of carbonyl (C=O) groups is 2. The number of nitrogens with one attached hydrogen (secondary N) is 1. The highest BCUT2D eigenvalue weighted by Gasteiger charge is 2.27. The number of rotatable bonds is 7. The Morgan fingerprint density at radius 1 is 1.30 bits per heavy atom. The van der Waals surface area contributed by atoms with Gasteiger partial charge in [-0.05, 0) is 48.1 Å². The van der Waals surface area contributed by atoms with Crippen LogP contribution in [0, 0.1) is 0 Å². The van der Waals surface area contributed by atoms with E-state index in [-0.39, 0.29) is 12.5 Å². The fourth-order valence-corrected chi connectivity index (χ4v) is 4.56. The van der Waals surface area contributed by atoms with Crippen LogP contribution < -0.4 is 9.62 Å². The molecule has 1 aliphatic heterocycles. The fraction of sp³-hybridized carbons (Fsp3) is 0.333. The molecule has 0 aliphatic carbocycles. The van der Waals surface area contributed by atoms with Crippen LogP contribution in [0.15, 0.2) is 35.7 Å². The van der Waals surface area contributed by atoms with Crippen LogP contribution in [0.5, 0.6) is 0 Å².